The zero-order valence-electron chi connectivity index (χ0n) is 15.7. The van der Waals surface area contributed by atoms with Gasteiger partial charge in [0.2, 0.25) is 17.3 Å². The number of rotatable bonds is 5. The number of fused-ring (bicyclic) bond motifs is 3. The highest BCUT2D eigenvalue weighted by Gasteiger charge is 2.29. The SMILES string of the molecule is CCOc1ccc([N+](=O)[O-])cc1[C@@H]1Nc2ccccc2-c2nnc(SC)nc2O1. The van der Waals surface area contributed by atoms with Crippen LogP contribution < -0.4 is 14.8 Å². The van der Waals surface area contributed by atoms with Gasteiger partial charge < -0.3 is 14.8 Å². The molecule has 4 rings (SSSR count). The van der Waals surface area contributed by atoms with Crippen LogP contribution in [0.15, 0.2) is 47.6 Å². The van der Waals surface area contributed by atoms with E-state index >= 15 is 0 Å². The van der Waals surface area contributed by atoms with Crippen molar-refractivity contribution in [1.29, 1.82) is 0 Å². The summed E-state index contributed by atoms with van der Waals surface area (Å²) < 4.78 is 11.8. The highest BCUT2D eigenvalue weighted by molar-refractivity contribution is 7.98. The van der Waals surface area contributed by atoms with Crippen molar-refractivity contribution in [3.05, 3.63) is 58.1 Å². The zero-order valence-corrected chi connectivity index (χ0v) is 16.5. The summed E-state index contributed by atoms with van der Waals surface area (Å²) in [5.41, 5.74) is 2.46. The normalized spacial score (nSPS) is 14.6. The first-order valence-corrected chi connectivity index (χ1v) is 10.1. The molecule has 148 valence electrons. The summed E-state index contributed by atoms with van der Waals surface area (Å²) in [5, 5.41) is 23.5. The Bertz CT molecular complexity index is 1080. The van der Waals surface area contributed by atoms with Gasteiger partial charge in [0.1, 0.15) is 5.75 Å². The number of benzene rings is 2. The number of nitrogens with zero attached hydrogens (tertiary/aromatic N) is 4. The molecule has 29 heavy (non-hydrogen) atoms. The number of anilines is 1. The summed E-state index contributed by atoms with van der Waals surface area (Å²) in [6.07, 6.45) is 1.07. The maximum absolute atomic E-state index is 11.3. The Morgan fingerprint density at radius 2 is 2.10 bits per heavy atom. The number of non-ortho nitro benzene ring substituents is 1. The fourth-order valence-electron chi connectivity index (χ4n) is 3.02. The van der Waals surface area contributed by atoms with Crippen LogP contribution in [0.4, 0.5) is 11.4 Å². The summed E-state index contributed by atoms with van der Waals surface area (Å²) >= 11 is 1.35. The standard InChI is InChI=1S/C19H17N5O4S/c1-3-27-15-9-8-11(24(25)26)10-13(15)17-20-14-7-5-4-6-12(14)16-18(28-17)21-19(29-2)23-22-16/h4-10,17,20H,3H2,1-2H3/t17-/m1/s1. The number of thioether (sulfide) groups is 1. The van der Waals surface area contributed by atoms with E-state index in [-0.39, 0.29) is 5.69 Å². The van der Waals surface area contributed by atoms with Crippen LogP contribution in [0.2, 0.25) is 0 Å². The zero-order chi connectivity index (χ0) is 20.4. The van der Waals surface area contributed by atoms with E-state index in [1.54, 1.807) is 6.07 Å². The predicted molar refractivity (Wildman–Crippen MR) is 108 cm³/mol. The molecule has 0 aliphatic carbocycles. The molecule has 0 radical (unpaired) electrons. The first-order chi connectivity index (χ1) is 14.1. The Balaban J connectivity index is 1.88. The van der Waals surface area contributed by atoms with Crippen molar-refractivity contribution in [2.24, 2.45) is 0 Å². The lowest BCUT2D eigenvalue weighted by Crippen LogP contribution is -2.18. The second-order valence-electron chi connectivity index (χ2n) is 6.05. The molecule has 1 N–H and O–H groups in total. The average molecular weight is 411 g/mol. The van der Waals surface area contributed by atoms with E-state index in [0.29, 0.717) is 34.7 Å². The molecule has 0 bridgehead atoms. The van der Waals surface area contributed by atoms with Crippen LogP contribution in [-0.2, 0) is 0 Å². The van der Waals surface area contributed by atoms with Crippen LogP contribution in [0.1, 0.15) is 18.7 Å². The molecule has 0 saturated carbocycles. The van der Waals surface area contributed by atoms with Crippen molar-refractivity contribution in [2.75, 3.05) is 18.2 Å². The quantitative estimate of drug-likeness (QED) is 0.377. The van der Waals surface area contributed by atoms with Crippen LogP contribution in [0.5, 0.6) is 11.6 Å². The second-order valence-corrected chi connectivity index (χ2v) is 6.83. The Morgan fingerprint density at radius 3 is 2.86 bits per heavy atom. The minimum Gasteiger partial charge on any atom is -0.493 e. The summed E-state index contributed by atoms with van der Waals surface area (Å²) in [4.78, 5) is 15.3. The van der Waals surface area contributed by atoms with Gasteiger partial charge in [-0.25, -0.2) is 0 Å². The third kappa shape index (κ3) is 3.66. The molecule has 0 amide bonds. The summed E-state index contributed by atoms with van der Waals surface area (Å²) in [6, 6.07) is 11.9. The fourth-order valence-corrected chi connectivity index (χ4v) is 3.31. The third-order valence-electron chi connectivity index (χ3n) is 4.30. The smallest absolute Gasteiger partial charge is 0.270 e. The summed E-state index contributed by atoms with van der Waals surface area (Å²) in [6.45, 7) is 2.25. The molecule has 1 aliphatic heterocycles. The van der Waals surface area contributed by atoms with Gasteiger partial charge in [0.15, 0.2) is 5.69 Å². The van der Waals surface area contributed by atoms with E-state index in [2.05, 4.69) is 20.5 Å². The molecule has 10 heteroatoms. The number of para-hydroxylation sites is 1. The van der Waals surface area contributed by atoms with Crippen molar-refractivity contribution in [3.8, 4) is 22.9 Å². The number of nitro benzene ring substituents is 1. The number of aromatic nitrogens is 3. The molecule has 0 unspecified atom stereocenters. The summed E-state index contributed by atoms with van der Waals surface area (Å²) in [7, 11) is 0. The van der Waals surface area contributed by atoms with Crippen molar-refractivity contribution in [2.45, 2.75) is 18.3 Å². The van der Waals surface area contributed by atoms with Crippen LogP contribution >= 0.6 is 11.8 Å². The average Bonchev–Trinajstić information content (AvgIpc) is 2.90. The van der Waals surface area contributed by atoms with E-state index in [0.717, 1.165) is 11.3 Å². The number of ether oxygens (including phenoxy) is 2. The van der Waals surface area contributed by atoms with Crippen LogP contribution in [0, 0.1) is 10.1 Å². The van der Waals surface area contributed by atoms with Crippen LogP contribution in [-0.4, -0.2) is 33.0 Å². The Labute approximate surface area is 170 Å². The molecule has 0 fully saturated rings. The number of hydrogen-bond acceptors (Lipinski definition) is 9. The molecule has 1 aromatic heterocycles. The van der Waals surface area contributed by atoms with Gasteiger partial charge in [0.05, 0.1) is 17.1 Å². The van der Waals surface area contributed by atoms with Gasteiger partial charge in [-0.05, 0) is 25.3 Å². The van der Waals surface area contributed by atoms with E-state index in [4.69, 9.17) is 9.47 Å². The molecule has 1 atom stereocenters. The molecule has 1 aliphatic rings. The Kier molecular flexibility index (Phi) is 5.17. The van der Waals surface area contributed by atoms with E-state index in [9.17, 15) is 10.1 Å². The van der Waals surface area contributed by atoms with Crippen LogP contribution in [0.25, 0.3) is 11.3 Å². The van der Waals surface area contributed by atoms with Crippen molar-refractivity contribution in [3.63, 3.8) is 0 Å². The lowest BCUT2D eigenvalue weighted by atomic mass is 10.1. The summed E-state index contributed by atoms with van der Waals surface area (Å²) in [5.74, 6) is 0.782. The minimum absolute atomic E-state index is 0.0581. The van der Waals surface area contributed by atoms with Crippen LogP contribution in [0.3, 0.4) is 0 Å². The van der Waals surface area contributed by atoms with Gasteiger partial charge >= 0.3 is 0 Å². The molecule has 3 aromatic rings. The monoisotopic (exact) mass is 411 g/mol. The van der Waals surface area contributed by atoms with E-state index in [1.165, 1.54) is 23.9 Å². The van der Waals surface area contributed by atoms with Gasteiger partial charge in [-0.3, -0.25) is 10.1 Å². The number of hydrogen-bond donors (Lipinski definition) is 1. The highest BCUT2D eigenvalue weighted by Crippen LogP contribution is 2.41. The lowest BCUT2D eigenvalue weighted by molar-refractivity contribution is -0.385. The maximum atomic E-state index is 11.3. The minimum atomic E-state index is -0.773. The topological polar surface area (TPSA) is 112 Å². The molecular formula is C19H17N5O4S. The maximum Gasteiger partial charge on any atom is 0.270 e. The van der Waals surface area contributed by atoms with E-state index < -0.39 is 11.2 Å². The van der Waals surface area contributed by atoms with Gasteiger partial charge in [0.25, 0.3) is 5.69 Å². The van der Waals surface area contributed by atoms with Crippen molar-refractivity contribution in [1.82, 2.24) is 15.2 Å². The molecule has 0 spiro atoms. The number of nitrogens with one attached hydrogen (secondary N) is 1. The van der Waals surface area contributed by atoms with Crippen molar-refractivity contribution < 1.29 is 14.4 Å². The predicted octanol–water partition coefficient (Wildman–Crippen LogP) is 4.07. The highest BCUT2D eigenvalue weighted by atomic mass is 32.2. The Hall–Kier alpha value is -3.40. The largest absolute Gasteiger partial charge is 0.493 e. The fraction of sp³-hybridized carbons (Fsp3) is 0.211. The molecular weight excluding hydrogens is 394 g/mol. The molecule has 2 heterocycles. The molecule has 0 saturated heterocycles. The first kappa shape index (κ1) is 18.9. The molecule has 9 nitrogen and oxygen atoms in total. The van der Waals surface area contributed by atoms with Gasteiger partial charge in [0, 0.05) is 23.4 Å². The first-order valence-electron chi connectivity index (χ1n) is 8.83. The van der Waals surface area contributed by atoms with Gasteiger partial charge in [-0.1, -0.05) is 30.0 Å². The van der Waals surface area contributed by atoms with E-state index in [1.807, 2.05) is 37.4 Å². The lowest BCUT2D eigenvalue weighted by Gasteiger charge is -2.21. The van der Waals surface area contributed by atoms with Crippen molar-refractivity contribution >= 4 is 23.1 Å². The molecule has 2 aromatic carbocycles. The Morgan fingerprint density at radius 1 is 1.28 bits per heavy atom. The van der Waals surface area contributed by atoms with Gasteiger partial charge in [-0.15, -0.1) is 10.2 Å². The number of nitro groups is 1. The second kappa shape index (κ2) is 7.92. The third-order valence-corrected chi connectivity index (χ3v) is 4.84. The van der Waals surface area contributed by atoms with Gasteiger partial charge in [-0.2, -0.15) is 4.98 Å².